The number of fused-ring (bicyclic) bond motifs is 1. The molecule has 0 heterocycles. The van der Waals surface area contributed by atoms with Crippen LogP contribution in [0.3, 0.4) is 0 Å². The number of hydrogen-bond donors (Lipinski definition) is 1. The first-order valence-corrected chi connectivity index (χ1v) is 4.46. The zero-order chi connectivity index (χ0) is 8.93. The van der Waals surface area contributed by atoms with Gasteiger partial charge in [-0.3, -0.25) is 0 Å². The fourth-order valence-electron chi connectivity index (χ4n) is 2.49. The molecule has 66 valence electrons. The molecule has 1 fully saturated rings. The molecular formula is C10H14O2. The SMILES string of the molecule is CC1(C)C2CC=C(C(=O)O)CC21. The van der Waals surface area contributed by atoms with Crippen molar-refractivity contribution in [2.24, 2.45) is 17.3 Å². The van der Waals surface area contributed by atoms with Crippen molar-refractivity contribution in [2.75, 3.05) is 0 Å². The number of aliphatic carboxylic acids is 1. The van der Waals surface area contributed by atoms with Crippen molar-refractivity contribution >= 4 is 5.97 Å². The van der Waals surface area contributed by atoms with Crippen LogP contribution in [0.15, 0.2) is 11.6 Å². The molecule has 0 radical (unpaired) electrons. The number of allylic oxidation sites excluding steroid dienone is 1. The van der Waals surface area contributed by atoms with Crippen LogP contribution in [-0.4, -0.2) is 11.1 Å². The van der Waals surface area contributed by atoms with E-state index in [0.29, 0.717) is 16.9 Å². The quantitative estimate of drug-likeness (QED) is 0.647. The monoisotopic (exact) mass is 166 g/mol. The highest BCUT2D eigenvalue weighted by atomic mass is 16.4. The Hall–Kier alpha value is -0.790. The molecule has 2 unspecified atom stereocenters. The molecule has 1 saturated carbocycles. The molecule has 0 aromatic rings. The van der Waals surface area contributed by atoms with Crippen molar-refractivity contribution in [3.63, 3.8) is 0 Å². The van der Waals surface area contributed by atoms with E-state index in [1.807, 2.05) is 6.08 Å². The first kappa shape index (κ1) is 7.84. The summed E-state index contributed by atoms with van der Waals surface area (Å²) >= 11 is 0. The normalized spacial score (nSPS) is 36.7. The average molecular weight is 166 g/mol. The Balaban J connectivity index is 2.11. The van der Waals surface area contributed by atoms with Crippen LogP contribution in [0.5, 0.6) is 0 Å². The molecule has 2 nitrogen and oxygen atoms in total. The van der Waals surface area contributed by atoms with Gasteiger partial charge in [-0.15, -0.1) is 0 Å². The molecule has 2 aliphatic rings. The third-order valence-electron chi connectivity index (χ3n) is 3.62. The maximum atomic E-state index is 10.7. The second-order valence-corrected chi connectivity index (χ2v) is 4.51. The minimum atomic E-state index is -0.726. The highest BCUT2D eigenvalue weighted by Crippen LogP contribution is 2.64. The summed E-state index contributed by atoms with van der Waals surface area (Å²) in [6.45, 7) is 4.47. The Kier molecular flexibility index (Phi) is 1.39. The van der Waals surface area contributed by atoms with Crippen LogP contribution in [-0.2, 0) is 4.79 Å². The molecule has 0 amide bonds. The van der Waals surface area contributed by atoms with Crippen LogP contribution in [0.2, 0.25) is 0 Å². The summed E-state index contributed by atoms with van der Waals surface area (Å²) in [7, 11) is 0. The van der Waals surface area contributed by atoms with E-state index in [2.05, 4.69) is 13.8 Å². The number of rotatable bonds is 1. The lowest BCUT2D eigenvalue weighted by molar-refractivity contribution is -0.132. The molecule has 12 heavy (non-hydrogen) atoms. The van der Waals surface area contributed by atoms with Gasteiger partial charge in [0, 0.05) is 5.57 Å². The minimum Gasteiger partial charge on any atom is -0.478 e. The van der Waals surface area contributed by atoms with E-state index < -0.39 is 5.97 Å². The molecule has 2 heteroatoms. The van der Waals surface area contributed by atoms with E-state index in [1.54, 1.807) is 0 Å². The highest BCUT2D eigenvalue weighted by Gasteiger charge is 2.58. The fourth-order valence-corrected chi connectivity index (χ4v) is 2.49. The molecule has 2 atom stereocenters. The Morgan fingerprint density at radius 2 is 2.25 bits per heavy atom. The Labute approximate surface area is 72.3 Å². The van der Waals surface area contributed by atoms with Crippen molar-refractivity contribution in [1.82, 2.24) is 0 Å². The van der Waals surface area contributed by atoms with Gasteiger partial charge in [-0.2, -0.15) is 0 Å². The predicted octanol–water partition coefficient (Wildman–Crippen LogP) is 2.06. The topological polar surface area (TPSA) is 37.3 Å². The molecule has 2 rings (SSSR count). The fraction of sp³-hybridized carbons (Fsp3) is 0.700. The highest BCUT2D eigenvalue weighted by molar-refractivity contribution is 5.87. The number of carbonyl (C=O) groups is 1. The van der Waals surface area contributed by atoms with Crippen molar-refractivity contribution in [3.05, 3.63) is 11.6 Å². The van der Waals surface area contributed by atoms with Crippen molar-refractivity contribution in [3.8, 4) is 0 Å². The summed E-state index contributed by atoms with van der Waals surface area (Å²) in [5.74, 6) is 0.658. The predicted molar refractivity (Wildman–Crippen MR) is 45.7 cm³/mol. The van der Waals surface area contributed by atoms with Crippen LogP contribution in [0.1, 0.15) is 26.7 Å². The van der Waals surface area contributed by atoms with E-state index in [0.717, 1.165) is 18.8 Å². The zero-order valence-electron chi connectivity index (χ0n) is 7.50. The van der Waals surface area contributed by atoms with Crippen molar-refractivity contribution < 1.29 is 9.90 Å². The second-order valence-electron chi connectivity index (χ2n) is 4.51. The molecule has 0 aromatic carbocycles. The summed E-state index contributed by atoms with van der Waals surface area (Å²) in [6.07, 6.45) is 3.66. The maximum Gasteiger partial charge on any atom is 0.331 e. The molecular weight excluding hydrogens is 152 g/mol. The summed E-state index contributed by atoms with van der Waals surface area (Å²) in [5, 5.41) is 8.78. The first-order valence-electron chi connectivity index (χ1n) is 4.46. The average Bonchev–Trinajstić information content (AvgIpc) is 2.55. The van der Waals surface area contributed by atoms with Crippen LogP contribution >= 0.6 is 0 Å². The van der Waals surface area contributed by atoms with Gasteiger partial charge in [-0.05, 0) is 30.1 Å². The van der Waals surface area contributed by atoms with Crippen molar-refractivity contribution in [1.29, 1.82) is 0 Å². The molecule has 0 aliphatic heterocycles. The standard InChI is InChI=1S/C10H14O2/c1-10(2)7-4-3-6(9(11)12)5-8(7)10/h3,7-8H,4-5H2,1-2H3,(H,11,12). The molecule has 2 aliphatic carbocycles. The zero-order valence-corrected chi connectivity index (χ0v) is 7.50. The Morgan fingerprint density at radius 3 is 2.75 bits per heavy atom. The van der Waals surface area contributed by atoms with Gasteiger partial charge in [0.1, 0.15) is 0 Å². The van der Waals surface area contributed by atoms with Gasteiger partial charge in [0.25, 0.3) is 0 Å². The van der Waals surface area contributed by atoms with Crippen LogP contribution in [0.25, 0.3) is 0 Å². The summed E-state index contributed by atoms with van der Waals surface area (Å²) in [6, 6.07) is 0. The maximum absolute atomic E-state index is 10.7. The van der Waals surface area contributed by atoms with Crippen LogP contribution < -0.4 is 0 Å². The van der Waals surface area contributed by atoms with E-state index >= 15 is 0 Å². The van der Waals surface area contributed by atoms with Gasteiger partial charge in [-0.1, -0.05) is 19.9 Å². The molecule has 0 saturated heterocycles. The third-order valence-corrected chi connectivity index (χ3v) is 3.62. The third kappa shape index (κ3) is 0.904. The van der Waals surface area contributed by atoms with Gasteiger partial charge in [0.2, 0.25) is 0 Å². The Morgan fingerprint density at radius 1 is 1.58 bits per heavy atom. The lowest BCUT2D eigenvalue weighted by Gasteiger charge is -2.06. The summed E-state index contributed by atoms with van der Waals surface area (Å²) in [4.78, 5) is 10.7. The van der Waals surface area contributed by atoms with Crippen molar-refractivity contribution in [2.45, 2.75) is 26.7 Å². The largest absolute Gasteiger partial charge is 0.478 e. The molecule has 0 aromatic heterocycles. The second kappa shape index (κ2) is 2.12. The smallest absolute Gasteiger partial charge is 0.331 e. The van der Waals surface area contributed by atoms with E-state index in [-0.39, 0.29) is 0 Å². The number of hydrogen-bond acceptors (Lipinski definition) is 1. The first-order chi connectivity index (χ1) is 5.53. The van der Waals surface area contributed by atoms with Gasteiger partial charge in [0.15, 0.2) is 0 Å². The molecule has 0 spiro atoms. The van der Waals surface area contributed by atoms with Gasteiger partial charge in [-0.25, -0.2) is 4.79 Å². The molecule has 0 bridgehead atoms. The minimum absolute atomic E-state index is 0.397. The van der Waals surface area contributed by atoms with Gasteiger partial charge < -0.3 is 5.11 Å². The van der Waals surface area contributed by atoms with E-state index in [9.17, 15) is 4.79 Å². The van der Waals surface area contributed by atoms with Gasteiger partial charge >= 0.3 is 5.97 Å². The number of carboxylic acid groups (broad SMARTS) is 1. The lowest BCUT2D eigenvalue weighted by Crippen LogP contribution is -2.05. The Bertz CT molecular complexity index is 263. The van der Waals surface area contributed by atoms with Gasteiger partial charge in [0.05, 0.1) is 0 Å². The summed E-state index contributed by atoms with van der Waals surface area (Å²) in [5.41, 5.74) is 1.02. The molecule has 1 N–H and O–H groups in total. The number of carboxylic acids is 1. The lowest BCUT2D eigenvalue weighted by atomic mass is 10.00. The van der Waals surface area contributed by atoms with Crippen LogP contribution in [0.4, 0.5) is 0 Å². The van der Waals surface area contributed by atoms with E-state index in [1.165, 1.54) is 0 Å². The van der Waals surface area contributed by atoms with Crippen LogP contribution in [0, 0.1) is 17.3 Å². The summed E-state index contributed by atoms with van der Waals surface area (Å²) < 4.78 is 0. The van der Waals surface area contributed by atoms with E-state index in [4.69, 9.17) is 5.11 Å².